The molecule has 0 aromatic heterocycles. The lowest BCUT2D eigenvalue weighted by atomic mass is 9.98. The van der Waals surface area contributed by atoms with Crippen molar-refractivity contribution in [1.82, 2.24) is 0 Å². The molecule has 0 aliphatic heterocycles. The minimum Gasteiger partial charge on any atom is -0.489 e. The van der Waals surface area contributed by atoms with Crippen LogP contribution < -0.4 is 28.4 Å². The minimum absolute atomic E-state index is 0.216. The van der Waals surface area contributed by atoms with Gasteiger partial charge in [-0.15, -0.1) is 0 Å². The largest absolute Gasteiger partial charge is 0.489 e. The fraction of sp³-hybridized carbons (Fsp3) is 0.284. The molecule has 0 amide bonds. The summed E-state index contributed by atoms with van der Waals surface area (Å²) in [6, 6.07) is 69.5. The molecule has 0 radical (unpaired) electrons. The van der Waals surface area contributed by atoms with Gasteiger partial charge in [-0.1, -0.05) is 201 Å². The van der Waals surface area contributed by atoms with E-state index in [-0.39, 0.29) is 36.5 Å². The van der Waals surface area contributed by atoms with Crippen LogP contribution in [0.4, 0.5) is 0 Å². The first-order chi connectivity index (χ1) is 61.8. The molecule has 1 aliphatic carbocycles. The number of esters is 6. The second-order valence-corrected chi connectivity index (χ2v) is 32.7. The topological polar surface area (TPSA) is 213 Å². The predicted octanol–water partition coefficient (Wildman–Crippen LogP) is 25.5. The van der Waals surface area contributed by atoms with E-state index in [1.54, 1.807) is 48.5 Å². The van der Waals surface area contributed by atoms with Crippen LogP contribution in [0, 0.1) is 96.9 Å². The first-order valence-electron chi connectivity index (χ1n) is 42.4. The zero-order valence-electron chi connectivity index (χ0n) is 77.8. The van der Waals surface area contributed by atoms with Gasteiger partial charge in [-0.3, -0.25) is 0 Å². The Balaban J connectivity index is 0.000000191. The van der Waals surface area contributed by atoms with Crippen molar-refractivity contribution in [3.8, 4) is 34.5 Å². The SMILES string of the molecule is CCc1cccc(C(=O)OC)c1COc1ccc(C)cc1C.COC(=O)c1cccc(Br)c1COc1ccc(C)cc1C.COC(=O)c1cccc(C)c1COc1ccc(C)cc1C.COC(=O)c1cccc(C)c1COc1ccc(C)cc1C.COC(=O)c1cccc(C2CC2)c1COc1ccc(C)cc1C.COC(=O)c1cccc(Cl)c1COc1ccc(C)cc1C. The average Bonchev–Trinajstić information content (AvgIpc) is 1.73. The summed E-state index contributed by atoms with van der Waals surface area (Å²) in [5, 5.41) is 0.489. The maximum atomic E-state index is 12.1. The number of ether oxygens (including phenoxy) is 12. The molecule has 0 spiro atoms. The third-order valence-corrected chi connectivity index (χ3v) is 22.7. The van der Waals surface area contributed by atoms with Crippen molar-refractivity contribution in [3.05, 3.63) is 384 Å². The first kappa shape index (κ1) is 101. The summed E-state index contributed by atoms with van der Waals surface area (Å²) in [6.45, 7) is 32.3. The summed E-state index contributed by atoms with van der Waals surface area (Å²) in [4.78, 5) is 71.3. The summed E-state index contributed by atoms with van der Waals surface area (Å²) in [7, 11) is 8.31. The van der Waals surface area contributed by atoms with Crippen LogP contribution in [-0.4, -0.2) is 78.5 Å². The van der Waals surface area contributed by atoms with Gasteiger partial charge < -0.3 is 56.8 Å². The molecular formula is C109H118BrClO18. The lowest BCUT2D eigenvalue weighted by molar-refractivity contribution is 0.0588. The Morgan fingerprint density at radius 1 is 0.279 bits per heavy atom. The molecule has 13 rings (SSSR count). The van der Waals surface area contributed by atoms with Gasteiger partial charge in [-0.05, 0) is 263 Å². The van der Waals surface area contributed by atoms with E-state index in [0.29, 0.717) is 82.9 Å². The normalized spacial score (nSPS) is 10.9. The van der Waals surface area contributed by atoms with Crippen LogP contribution in [0.1, 0.15) is 210 Å². The van der Waals surface area contributed by atoms with Gasteiger partial charge in [0, 0.05) is 42.9 Å². The fourth-order valence-electron chi connectivity index (χ4n) is 14.4. The minimum atomic E-state index is -0.420. The van der Waals surface area contributed by atoms with E-state index < -0.39 is 5.97 Å². The van der Waals surface area contributed by atoms with E-state index in [9.17, 15) is 28.8 Å². The van der Waals surface area contributed by atoms with Gasteiger partial charge in [-0.25, -0.2) is 28.8 Å². The number of halogens is 2. The molecule has 0 atom stereocenters. The Kier molecular flexibility index (Phi) is 39.3. The highest BCUT2D eigenvalue weighted by Crippen LogP contribution is 2.43. The predicted molar refractivity (Wildman–Crippen MR) is 512 cm³/mol. The number of hydrogen-bond acceptors (Lipinski definition) is 18. The zero-order valence-corrected chi connectivity index (χ0v) is 80.2. The first-order valence-corrected chi connectivity index (χ1v) is 43.6. The molecular weight excluding hydrogens is 1710 g/mol. The van der Waals surface area contributed by atoms with Gasteiger partial charge in [-0.2, -0.15) is 0 Å². The van der Waals surface area contributed by atoms with Gasteiger partial charge in [0.15, 0.2) is 0 Å². The summed E-state index contributed by atoms with van der Waals surface area (Å²) < 4.78 is 65.3. The van der Waals surface area contributed by atoms with E-state index in [1.165, 1.54) is 94.4 Å². The lowest BCUT2D eigenvalue weighted by Gasteiger charge is -2.15. The van der Waals surface area contributed by atoms with Gasteiger partial charge in [0.1, 0.15) is 74.1 Å². The standard InChI is InChI=1S/C20H22O3.C19H22O3.2C18H20O3.C17H17BrO3.C17H17ClO3/c1-13-7-10-19(14(2)11-13)23-12-18-16(15-8-9-15)5-4-6-17(18)20(21)22-3;1-5-15-7-6-8-16(19(20)21-4)17(15)12-22-18-10-9-13(2)11-14(18)3;2*1-12-8-9-17(14(3)10-12)21-11-16-13(2)6-5-7-15(16)18(19)20-4;2*1-11-7-8-16(12(2)9-11)21-10-14-13(17(19)20-3)5-4-6-15(14)18/h4-7,10-11,15H,8-9,12H2,1-3H3;6-11H,5,12H2,1-4H3;2*5-10H,11H2,1-4H3;2*4-9H,10H2,1-3H3. The zero-order chi connectivity index (χ0) is 94.1. The molecule has 676 valence electrons. The van der Waals surface area contributed by atoms with Crippen molar-refractivity contribution in [3.63, 3.8) is 0 Å². The fourth-order valence-corrected chi connectivity index (χ4v) is 15.1. The van der Waals surface area contributed by atoms with Gasteiger partial charge in [0.05, 0.1) is 76.0 Å². The molecule has 0 N–H and O–H groups in total. The van der Waals surface area contributed by atoms with Crippen molar-refractivity contribution < 1.29 is 85.6 Å². The highest BCUT2D eigenvalue weighted by Gasteiger charge is 2.29. The van der Waals surface area contributed by atoms with E-state index >= 15 is 0 Å². The molecule has 12 aromatic carbocycles. The molecule has 129 heavy (non-hydrogen) atoms. The van der Waals surface area contributed by atoms with Crippen molar-refractivity contribution >= 4 is 63.3 Å². The second-order valence-electron chi connectivity index (χ2n) is 31.5. The van der Waals surface area contributed by atoms with E-state index in [1.807, 2.05) is 217 Å². The molecule has 12 aromatic rings. The summed E-state index contributed by atoms with van der Waals surface area (Å²) >= 11 is 9.63. The number of carbonyl (C=O) groups excluding carboxylic acids is 6. The Morgan fingerprint density at radius 3 is 0.822 bits per heavy atom. The van der Waals surface area contributed by atoms with Crippen LogP contribution in [0.25, 0.3) is 0 Å². The molecule has 0 heterocycles. The third kappa shape index (κ3) is 29.3. The van der Waals surface area contributed by atoms with Crippen LogP contribution >= 0.6 is 27.5 Å². The molecule has 0 bridgehead atoms. The number of carbonyl (C=O) groups is 6. The van der Waals surface area contributed by atoms with Crippen molar-refractivity contribution in [2.45, 2.75) is 169 Å². The maximum Gasteiger partial charge on any atom is 0.338 e. The quantitative estimate of drug-likeness (QED) is 0.0364. The van der Waals surface area contributed by atoms with Crippen molar-refractivity contribution in [2.75, 3.05) is 42.7 Å². The molecule has 20 heteroatoms. The van der Waals surface area contributed by atoms with Crippen molar-refractivity contribution in [1.29, 1.82) is 0 Å². The van der Waals surface area contributed by atoms with Crippen LogP contribution in [-0.2, 0) is 74.5 Å². The average molecular weight is 1830 g/mol. The summed E-state index contributed by atoms with van der Waals surface area (Å²) in [5.74, 6) is 3.42. The van der Waals surface area contributed by atoms with E-state index in [2.05, 4.69) is 73.1 Å². The number of methoxy groups -OCH3 is 6. The van der Waals surface area contributed by atoms with E-state index in [0.717, 1.165) is 123 Å². The van der Waals surface area contributed by atoms with E-state index in [4.69, 9.17) is 68.4 Å². The molecule has 18 nitrogen and oxygen atoms in total. The Hall–Kier alpha value is -13.0. The Labute approximate surface area is 773 Å². The Morgan fingerprint density at radius 2 is 0.519 bits per heavy atom. The second kappa shape index (κ2) is 50.0. The maximum absolute atomic E-state index is 12.1. The monoisotopic (exact) mass is 1830 g/mol. The van der Waals surface area contributed by atoms with Crippen LogP contribution in [0.5, 0.6) is 34.5 Å². The van der Waals surface area contributed by atoms with Crippen LogP contribution in [0.2, 0.25) is 5.02 Å². The molecule has 1 saturated carbocycles. The number of aryl methyl sites for hydroxylation is 15. The number of hydrogen-bond donors (Lipinski definition) is 0. The molecule has 0 saturated heterocycles. The molecule has 1 aliphatic rings. The summed E-state index contributed by atoms with van der Waals surface area (Å²) in [5.41, 5.74) is 26.3. The molecule has 1 fully saturated rings. The highest BCUT2D eigenvalue weighted by molar-refractivity contribution is 9.10. The van der Waals surface area contributed by atoms with Gasteiger partial charge in [0.2, 0.25) is 0 Å². The summed E-state index contributed by atoms with van der Waals surface area (Å²) in [6.07, 6.45) is 3.21. The van der Waals surface area contributed by atoms with Gasteiger partial charge in [0.25, 0.3) is 0 Å². The number of rotatable bonds is 26. The highest BCUT2D eigenvalue weighted by atomic mass is 79.9. The smallest absolute Gasteiger partial charge is 0.338 e. The number of benzene rings is 12. The van der Waals surface area contributed by atoms with Gasteiger partial charge >= 0.3 is 35.8 Å². The van der Waals surface area contributed by atoms with Crippen LogP contribution in [0.3, 0.4) is 0 Å². The Bertz CT molecular complexity index is 5440. The lowest BCUT2D eigenvalue weighted by Crippen LogP contribution is -2.11. The molecule has 0 unspecified atom stereocenters. The van der Waals surface area contributed by atoms with Crippen molar-refractivity contribution in [2.24, 2.45) is 0 Å². The third-order valence-electron chi connectivity index (χ3n) is 21.6. The van der Waals surface area contributed by atoms with Crippen LogP contribution in [0.15, 0.2) is 223 Å².